The molecule has 1 aromatic rings. The molecule has 96 valence electrons. The van der Waals surface area contributed by atoms with Crippen LogP contribution in [-0.4, -0.2) is 25.0 Å². The van der Waals surface area contributed by atoms with Crippen molar-refractivity contribution in [3.05, 3.63) is 29.3 Å². The first-order chi connectivity index (χ1) is 8.83. The summed E-state index contributed by atoms with van der Waals surface area (Å²) in [7, 11) is 0. The normalized spacial score (nSPS) is 20.6. The molecule has 0 atom stereocenters. The van der Waals surface area contributed by atoms with Gasteiger partial charge in [-0.25, -0.2) is 0 Å². The Morgan fingerprint density at radius 2 is 2.00 bits per heavy atom. The lowest BCUT2D eigenvalue weighted by Crippen LogP contribution is -2.34. The SMILES string of the molecule is O=C1CCCc2cc(OC3CCNCC3)ccc21. The zero-order valence-corrected chi connectivity index (χ0v) is 10.6. The monoisotopic (exact) mass is 245 g/mol. The molecule has 1 aliphatic carbocycles. The van der Waals surface area contributed by atoms with Crippen LogP contribution in [0.5, 0.6) is 5.75 Å². The summed E-state index contributed by atoms with van der Waals surface area (Å²) in [6, 6.07) is 5.95. The van der Waals surface area contributed by atoms with Crippen molar-refractivity contribution in [2.45, 2.75) is 38.2 Å². The van der Waals surface area contributed by atoms with Crippen molar-refractivity contribution in [3.8, 4) is 5.75 Å². The van der Waals surface area contributed by atoms with Gasteiger partial charge < -0.3 is 10.1 Å². The molecule has 0 amide bonds. The summed E-state index contributed by atoms with van der Waals surface area (Å²) < 4.78 is 6.01. The summed E-state index contributed by atoms with van der Waals surface area (Å²) in [5.74, 6) is 1.21. The van der Waals surface area contributed by atoms with Crippen molar-refractivity contribution in [2.24, 2.45) is 0 Å². The van der Waals surface area contributed by atoms with E-state index in [0.29, 0.717) is 12.5 Å². The second-order valence-electron chi connectivity index (χ2n) is 5.16. The van der Waals surface area contributed by atoms with Crippen molar-refractivity contribution >= 4 is 5.78 Å². The number of ether oxygens (including phenoxy) is 1. The summed E-state index contributed by atoms with van der Waals surface area (Å²) in [6.45, 7) is 2.07. The maximum atomic E-state index is 11.7. The molecule has 3 heteroatoms. The maximum Gasteiger partial charge on any atom is 0.163 e. The van der Waals surface area contributed by atoms with Crippen LogP contribution >= 0.6 is 0 Å². The van der Waals surface area contributed by atoms with Crippen molar-refractivity contribution in [1.29, 1.82) is 0 Å². The number of hydrogen-bond donors (Lipinski definition) is 1. The van der Waals surface area contributed by atoms with Crippen LogP contribution in [0.3, 0.4) is 0 Å². The second-order valence-corrected chi connectivity index (χ2v) is 5.16. The average molecular weight is 245 g/mol. The van der Waals surface area contributed by atoms with Crippen LogP contribution in [0, 0.1) is 0 Å². The van der Waals surface area contributed by atoms with Crippen LogP contribution in [-0.2, 0) is 6.42 Å². The fourth-order valence-corrected chi connectivity index (χ4v) is 2.80. The minimum Gasteiger partial charge on any atom is -0.490 e. The van der Waals surface area contributed by atoms with E-state index >= 15 is 0 Å². The van der Waals surface area contributed by atoms with Crippen LogP contribution in [0.25, 0.3) is 0 Å². The zero-order valence-electron chi connectivity index (χ0n) is 10.6. The predicted octanol–water partition coefficient (Wildman–Crippen LogP) is 2.34. The number of carbonyl (C=O) groups is 1. The molecular formula is C15H19NO2. The van der Waals surface area contributed by atoms with Gasteiger partial charge in [-0.1, -0.05) is 0 Å². The lowest BCUT2D eigenvalue weighted by molar-refractivity contribution is 0.0972. The summed E-state index contributed by atoms with van der Waals surface area (Å²) in [4.78, 5) is 11.7. The molecule has 1 N–H and O–H groups in total. The molecule has 1 aliphatic heterocycles. The fraction of sp³-hybridized carbons (Fsp3) is 0.533. The highest BCUT2D eigenvalue weighted by atomic mass is 16.5. The van der Waals surface area contributed by atoms with Gasteiger partial charge in [0, 0.05) is 12.0 Å². The quantitative estimate of drug-likeness (QED) is 0.869. The Morgan fingerprint density at radius 1 is 1.17 bits per heavy atom. The van der Waals surface area contributed by atoms with Gasteiger partial charge in [-0.15, -0.1) is 0 Å². The molecule has 18 heavy (non-hydrogen) atoms. The zero-order chi connectivity index (χ0) is 12.4. The Hall–Kier alpha value is -1.35. The molecule has 3 rings (SSSR count). The van der Waals surface area contributed by atoms with E-state index in [0.717, 1.165) is 55.6 Å². The van der Waals surface area contributed by atoms with Gasteiger partial charge in [0.15, 0.2) is 5.78 Å². The highest BCUT2D eigenvalue weighted by Gasteiger charge is 2.19. The number of fused-ring (bicyclic) bond motifs is 1. The summed E-state index contributed by atoms with van der Waals surface area (Å²) in [5, 5.41) is 3.33. The number of ketones is 1. The van der Waals surface area contributed by atoms with E-state index in [-0.39, 0.29) is 5.78 Å². The Morgan fingerprint density at radius 3 is 2.83 bits per heavy atom. The molecule has 0 unspecified atom stereocenters. The molecule has 2 aliphatic rings. The van der Waals surface area contributed by atoms with Crippen molar-refractivity contribution in [1.82, 2.24) is 5.32 Å². The average Bonchev–Trinajstić information content (AvgIpc) is 2.40. The molecule has 0 bridgehead atoms. The molecule has 1 saturated heterocycles. The largest absolute Gasteiger partial charge is 0.490 e. The minimum absolute atomic E-state index is 0.282. The van der Waals surface area contributed by atoms with Crippen LogP contribution < -0.4 is 10.1 Å². The molecule has 3 nitrogen and oxygen atoms in total. The molecule has 0 radical (unpaired) electrons. The summed E-state index contributed by atoms with van der Waals surface area (Å²) in [5.41, 5.74) is 2.07. The molecule has 1 heterocycles. The van der Waals surface area contributed by atoms with Gasteiger partial charge >= 0.3 is 0 Å². The standard InChI is InChI=1S/C15H19NO2/c17-15-3-1-2-11-10-13(4-5-14(11)15)18-12-6-8-16-9-7-12/h4-5,10,12,16H,1-3,6-9H2. The molecule has 0 saturated carbocycles. The van der Waals surface area contributed by atoms with Gasteiger partial charge in [0.25, 0.3) is 0 Å². The first-order valence-electron chi connectivity index (χ1n) is 6.86. The summed E-state index contributed by atoms with van der Waals surface area (Å²) in [6.07, 6.45) is 5.13. The topological polar surface area (TPSA) is 38.3 Å². The van der Waals surface area contributed by atoms with Gasteiger partial charge in [-0.2, -0.15) is 0 Å². The lowest BCUT2D eigenvalue weighted by atomic mass is 9.90. The number of benzene rings is 1. The van der Waals surface area contributed by atoms with E-state index in [1.165, 1.54) is 0 Å². The fourth-order valence-electron chi connectivity index (χ4n) is 2.80. The third-order valence-corrected chi connectivity index (χ3v) is 3.82. The number of carbonyl (C=O) groups excluding carboxylic acids is 1. The first-order valence-corrected chi connectivity index (χ1v) is 6.86. The lowest BCUT2D eigenvalue weighted by Gasteiger charge is -2.24. The third kappa shape index (κ3) is 2.41. The van der Waals surface area contributed by atoms with E-state index in [1.54, 1.807) is 0 Å². The minimum atomic E-state index is 0.282. The van der Waals surface area contributed by atoms with E-state index in [9.17, 15) is 4.79 Å². The van der Waals surface area contributed by atoms with Gasteiger partial charge in [0.1, 0.15) is 11.9 Å². The number of rotatable bonds is 2. The van der Waals surface area contributed by atoms with Crippen LogP contribution in [0.4, 0.5) is 0 Å². The van der Waals surface area contributed by atoms with E-state index in [2.05, 4.69) is 11.4 Å². The van der Waals surface area contributed by atoms with E-state index in [1.807, 2.05) is 12.1 Å². The Balaban J connectivity index is 1.75. The van der Waals surface area contributed by atoms with Gasteiger partial charge in [0.2, 0.25) is 0 Å². The molecule has 1 aromatic carbocycles. The van der Waals surface area contributed by atoms with E-state index < -0.39 is 0 Å². The molecule has 0 aromatic heterocycles. The molecule has 1 fully saturated rings. The summed E-state index contributed by atoms with van der Waals surface area (Å²) >= 11 is 0. The number of aryl methyl sites for hydroxylation is 1. The van der Waals surface area contributed by atoms with Crippen LogP contribution in [0.1, 0.15) is 41.6 Å². The predicted molar refractivity (Wildman–Crippen MR) is 70.2 cm³/mol. The van der Waals surface area contributed by atoms with Crippen LogP contribution in [0.2, 0.25) is 0 Å². The Bertz CT molecular complexity index is 450. The highest BCUT2D eigenvalue weighted by molar-refractivity contribution is 5.98. The van der Waals surface area contributed by atoms with Crippen molar-refractivity contribution < 1.29 is 9.53 Å². The number of Topliss-reactive ketones (excluding diaryl/α,β-unsaturated/α-hetero) is 1. The third-order valence-electron chi connectivity index (χ3n) is 3.82. The Labute approximate surface area is 108 Å². The highest BCUT2D eigenvalue weighted by Crippen LogP contribution is 2.26. The second kappa shape index (κ2) is 5.11. The maximum absolute atomic E-state index is 11.7. The molecular weight excluding hydrogens is 226 g/mol. The number of nitrogens with one attached hydrogen (secondary N) is 1. The van der Waals surface area contributed by atoms with E-state index in [4.69, 9.17) is 4.74 Å². The van der Waals surface area contributed by atoms with Crippen molar-refractivity contribution in [3.63, 3.8) is 0 Å². The number of hydrogen-bond acceptors (Lipinski definition) is 3. The van der Waals surface area contributed by atoms with Crippen LogP contribution in [0.15, 0.2) is 18.2 Å². The molecule has 0 spiro atoms. The van der Waals surface area contributed by atoms with Gasteiger partial charge in [-0.05, 0) is 62.5 Å². The van der Waals surface area contributed by atoms with Gasteiger partial charge in [-0.3, -0.25) is 4.79 Å². The first kappa shape index (κ1) is 11.7. The van der Waals surface area contributed by atoms with Crippen molar-refractivity contribution in [2.75, 3.05) is 13.1 Å². The van der Waals surface area contributed by atoms with Gasteiger partial charge in [0.05, 0.1) is 0 Å². The smallest absolute Gasteiger partial charge is 0.163 e. The Kier molecular flexibility index (Phi) is 3.33. The number of piperidine rings is 1.